The first-order valence-corrected chi connectivity index (χ1v) is 5.82. The number of carbonyl (C=O) groups excluding carboxylic acids is 1. The maximum atomic E-state index is 12.4. The minimum Gasteiger partial charge on any atom is -0.440 e. The van der Waals surface area contributed by atoms with Crippen molar-refractivity contribution in [2.24, 2.45) is 0 Å². The number of amides is 1. The summed E-state index contributed by atoms with van der Waals surface area (Å²) in [6, 6.07) is 2.58. The van der Waals surface area contributed by atoms with Crippen LogP contribution in [-0.2, 0) is 0 Å². The Morgan fingerprint density at radius 2 is 2.11 bits per heavy atom. The van der Waals surface area contributed by atoms with Crippen molar-refractivity contribution >= 4 is 17.5 Å². The van der Waals surface area contributed by atoms with Crippen LogP contribution in [0.2, 0.25) is 5.22 Å². The molecule has 0 radical (unpaired) electrons. The van der Waals surface area contributed by atoms with E-state index in [1.165, 1.54) is 12.1 Å². The van der Waals surface area contributed by atoms with E-state index in [0.717, 1.165) is 4.90 Å². The molecule has 0 spiro atoms. The van der Waals surface area contributed by atoms with Gasteiger partial charge in [-0.25, -0.2) is 0 Å². The largest absolute Gasteiger partial charge is 0.440 e. The van der Waals surface area contributed by atoms with Gasteiger partial charge in [-0.2, -0.15) is 13.2 Å². The standard InChI is InChI=1S/C11H13ClF3NO2/c1-2-3-6-16(7-11(13,14)15)10(17)8-4-5-9(12)18-8/h4-5H,2-3,6-7H2,1H3. The summed E-state index contributed by atoms with van der Waals surface area (Å²) in [5, 5.41) is -0.0270. The molecule has 0 saturated carbocycles. The van der Waals surface area contributed by atoms with Gasteiger partial charge in [-0.3, -0.25) is 4.79 Å². The van der Waals surface area contributed by atoms with Gasteiger partial charge >= 0.3 is 6.18 Å². The maximum Gasteiger partial charge on any atom is 0.406 e. The molecule has 0 fully saturated rings. The van der Waals surface area contributed by atoms with E-state index in [4.69, 9.17) is 16.0 Å². The summed E-state index contributed by atoms with van der Waals surface area (Å²) in [6.07, 6.45) is -3.24. The molecule has 102 valence electrons. The number of rotatable bonds is 5. The molecule has 0 unspecified atom stereocenters. The fourth-order valence-electron chi connectivity index (χ4n) is 1.40. The fraction of sp³-hybridized carbons (Fsp3) is 0.545. The van der Waals surface area contributed by atoms with Crippen molar-refractivity contribution < 1.29 is 22.4 Å². The number of alkyl halides is 3. The lowest BCUT2D eigenvalue weighted by atomic mass is 10.3. The Bertz CT molecular complexity index is 403. The van der Waals surface area contributed by atoms with E-state index in [0.29, 0.717) is 12.8 Å². The van der Waals surface area contributed by atoms with Gasteiger partial charge < -0.3 is 9.32 Å². The summed E-state index contributed by atoms with van der Waals surface area (Å²) in [4.78, 5) is 12.5. The van der Waals surface area contributed by atoms with Gasteiger partial charge in [0.1, 0.15) is 6.54 Å². The lowest BCUT2D eigenvalue weighted by molar-refractivity contribution is -0.141. The quantitative estimate of drug-likeness (QED) is 0.825. The lowest BCUT2D eigenvalue weighted by Crippen LogP contribution is -2.39. The van der Waals surface area contributed by atoms with Crippen LogP contribution in [0.4, 0.5) is 13.2 Å². The van der Waals surface area contributed by atoms with E-state index in [1.807, 2.05) is 6.92 Å². The van der Waals surface area contributed by atoms with Gasteiger partial charge in [0.25, 0.3) is 5.91 Å². The average molecular weight is 284 g/mol. The molecule has 0 aliphatic rings. The van der Waals surface area contributed by atoms with Crippen molar-refractivity contribution in [2.45, 2.75) is 25.9 Å². The van der Waals surface area contributed by atoms with Gasteiger partial charge in [0.05, 0.1) is 0 Å². The Hall–Kier alpha value is -1.17. The number of unbranched alkanes of at least 4 members (excludes halogenated alkanes) is 1. The molecule has 0 aliphatic carbocycles. The molecule has 1 amide bonds. The molecular weight excluding hydrogens is 271 g/mol. The monoisotopic (exact) mass is 283 g/mol. The zero-order valence-electron chi connectivity index (χ0n) is 9.76. The van der Waals surface area contributed by atoms with E-state index in [-0.39, 0.29) is 17.5 Å². The van der Waals surface area contributed by atoms with Gasteiger partial charge in [0.2, 0.25) is 0 Å². The van der Waals surface area contributed by atoms with Gasteiger partial charge in [0, 0.05) is 6.54 Å². The fourth-order valence-corrected chi connectivity index (χ4v) is 1.55. The highest BCUT2D eigenvalue weighted by Gasteiger charge is 2.33. The molecule has 1 aromatic rings. The highest BCUT2D eigenvalue weighted by Crippen LogP contribution is 2.20. The van der Waals surface area contributed by atoms with Crippen LogP contribution >= 0.6 is 11.6 Å². The van der Waals surface area contributed by atoms with Crippen LogP contribution in [0, 0.1) is 0 Å². The van der Waals surface area contributed by atoms with Crippen molar-refractivity contribution in [3.05, 3.63) is 23.1 Å². The second-order valence-corrected chi connectivity index (χ2v) is 4.17. The number of hydrogen-bond donors (Lipinski definition) is 0. The van der Waals surface area contributed by atoms with Crippen LogP contribution in [0.5, 0.6) is 0 Å². The van der Waals surface area contributed by atoms with Crippen molar-refractivity contribution in [2.75, 3.05) is 13.1 Å². The smallest absolute Gasteiger partial charge is 0.406 e. The highest BCUT2D eigenvalue weighted by atomic mass is 35.5. The number of halogens is 4. The van der Waals surface area contributed by atoms with E-state index in [2.05, 4.69) is 0 Å². The molecule has 1 rings (SSSR count). The number of nitrogens with zero attached hydrogens (tertiary/aromatic N) is 1. The topological polar surface area (TPSA) is 33.5 Å². The number of furan rings is 1. The summed E-state index contributed by atoms with van der Waals surface area (Å²) >= 11 is 5.49. The number of carbonyl (C=O) groups is 1. The maximum absolute atomic E-state index is 12.4. The Balaban J connectivity index is 2.78. The molecule has 0 saturated heterocycles. The predicted octanol–water partition coefficient (Wildman–Crippen LogP) is 3.74. The average Bonchev–Trinajstić information content (AvgIpc) is 2.68. The van der Waals surface area contributed by atoms with Crippen molar-refractivity contribution in [3.8, 4) is 0 Å². The van der Waals surface area contributed by atoms with Crippen molar-refractivity contribution in [1.82, 2.24) is 4.90 Å². The first-order chi connectivity index (χ1) is 8.33. The molecule has 0 atom stereocenters. The first-order valence-electron chi connectivity index (χ1n) is 5.45. The van der Waals surface area contributed by atoms with Gasteiger partial charge in [0.15, 0.2) is 11.0 Å². The van der Waals surface area contributed by atoms with E-state index >= 15 is 0 Å². The molecule has 7 heteroatoms. The minimum atomic E-state index is -4.43. The summed E-state index contributed by atoms with van der Waals surface area (Å²) in [5.41, 5.74) is 0. The Kier molecular flexibility index (Phi) is 5.07. The third-order valence-corrected chi connectivity index (χ3v) is 2.43. The van der Waals surface area contributed by atoms with E-state index < -0.39 is 18.6 Å². The first kappa shape index (κ1) is 14.9. The molecule has 0 N–H and O–H groups in total. The van der Waals surface area contributed by atoms with Crippen molar-refractivity contribution in [1.29, 1.82) is 0 Å². The Morgan fingerprint density at radius 3 is 2.56 bits per heavy atom. The molecule has 0 bridgehead atoms. The summed E-state index contributed by atoms with van der Waals surface area (Å²) in [5.74, 6) is -0.979. The van der Waals surface area contributed by atoms with E-state index in [1.54, 1.807) is 0 Å². The SMILES string of the molecule is CCCCN(CC(F)(F)F)C(=O)c1ccc(Cl)o1. The molecule has 3 nitrogen and oxygen atoms in total. The summed E-state index contributed by atoms with van der Waals surface area (Å²) in [7, 11) is 0. The molecule has 1 aromatic heterocycles. The predicted molar refractivity (Wildman–Crippen MR) is 60.6 cm³/mol. The second kappa shape index (κ2) is 6.13. The molecule has 0 aliphatic heterocycles. The van der Waals surface area contributed by atoms with Gasteiger partial charge in [-0.15, -0.1) is 0 Å². The zero-order valence-corrected chi connectivity index (χ0v) is 10.5. The van der Waals surface area contributed by atoms with E-state index in [9.17, 15) is 18.0 Å². The van der Waals surface area contributed by atoms with Gasteiger partial charge in [-0.1, -0.05) is 13.3 Å². The van der Waals surface area contributed by atoms with Crippen LogP contribution < -0.4 is 0 Å². The Labute approximate surface area is 108 Å². The second-order valence-electron chi connectivity index (χ2n) is 3.80. The van der Waals surface area contributed by atoms with Crippen LogP contribution in [0.15, 0.2) is 16.5 Å². The molecular formula is C11H13ClF3NO2. The molecule has 18 heavy (non-hydrogen) atoms. The van der Waals surface area contributed by atoms with Crippen LogP contribution in [0.25, 0.3) is 0 Å². The highest BCUT2D eigenvalue weighted by molar-refractivity contribution is 6.29. The molecule has 1 heterocycles. The zero-order chi connectivity index (χ0) is 13.8. The van der Waals surface area contributed by atoms with Crippen LogP contribution in [0.3, 0.4) is 0 Å². The van der Waals surface area contributed by atoms with Crippen LogP contribution in [0.1, 0.15) is 30.3 Å². The number of hydrogen-bond acceptors (Lipinski definition) is 2. The van der Waals surface area contributed by atoms with Gasteiger partial charge in [-0.05, 0) is 30.2 Å². The minimum absolute atomic E-state index is 0.0270. The third kappa shape index (κ3) is 4.60. The lowest BCUT2D eigenvalue weighted by Gasteiger charge is -2.22. The third-order valence-electron chi connectivity index (χ3n) is 2.22. The Morgan fingerprint density at radius 1 is 1.44 bits per heavy atom. The van der Waals surface area contributed by atoms with Crippen LogP contribution in [-0.4, -0.2) is 30.1 Å². The summed E-state index contributed by atoms with van der Waals surface area (Å²) < 4.78 is 41.9. The van der Waals surface area contributed by atoms with Crippen molar-refractivity contribution in [3.63, 3.8) is 0 Å². The molecule has 0 aromatic carbocycles. The summed E-state index contributed by atoms with van der Waals surface area (Å²) in [6.45, 7) is 0.581. The normalized spacial score (nSPS) is 11.6.